The zero-order chi connectivity index (χ0) is 14.8. The van der Waals surface area contributed by atoms with Gasteiger partial charge in [-0.05, 0) is 29.4 Å². The number of hydrogen-bond donors (Lipinski definition) is 2. The van der Waals surface area contributed by atoms with Gasteiger partial charge in [0.25, 0.3) is 0 Å². The molecule has 0 radical (unpaired) electrons. The molecule has 7 heteroatoms. The third kappa shape index (κ3) is 6.49. The van der Waals surface area contributed by atoms with Gasteiger partial charge in [0.2, 0.25) is 5.95 Å². The maximum Gasteiger partial charge on any atom is 0.224 e. The number of aromatic nitrogens is 2. The molecule has 6 nitrogen and oxygen atoms in total. The largest absolute Gasteiger partial charge is 0.383 e. The molecule has 1 aromatic rings. The van der Waals surface area contributed by atoms with Crippen LogP contribution in [0.4, 0.5) is 11.8 Å². The summed E-state index contributed by atoms with van der Waals surface area (Å²) in [4.78, 5) is 10.9. The average molecular weight is 346 g/mol. The van der Waals surface area contributed by atoms with Crippen molar-refractivity contribution in [2.75, 3.05) is 57.6 Å². The van der Waals surface area contributed by atoms with Crippen LogP contribution in [0, 0.1) is 0 Å². The summed E-state index contributed by atoms with van der Waals surface area (Å²) in [6.07, 6.45) is 2.81. The Morgan fingerprint density at radius 2 is 2.10 bits per heavy atom. The van der Waals surface area contributed by atoms with Crippen LogP contribution in [-0.4, -0.2) is 61.8 Å². The van der Waals surface area contributed by atoms with E-state index in [1.54, 1.807) is 13.3 Å². The van der Waals surface area contributed by atoms with Gasteiger partial charge in [0.1, 0.15) is 5.82 Å². The van der Waals surface area contributed by atoms with Gasteiger partial charge in [0.05, 0.1) is 11.1 Å². The van der Waals surface area contributed by atoms with Crippen LogP contribution in [0.5, 0.6) is 0 Å². The van der Waals surface area contributed by atoms with Gasteiger partial charge in [0, 0.05) is 39.5 Å². The second-order valence-electron chi connectivity index (χ2n) is 4.54. The minimum absolute atomic E-state index is 0.658. The number of likely N-dealkylation sites (N-methyl/N-ethyl adjacent to an activating group) is 1. The van der Waals surface area contributed by atoms with E-state index in [4.69, 9.17) is 4.74 Å². The molecular weight excluding hydrogens is 322 g/mol. The molecule has 0 aliphatic heterocycles. The smallest absolute Gasteiger partial charge is 0.224 e. The summed E-state index contributed by atoms with van der Waals surface area (Å²) in [5.74, 6) is 1.48. The van der Waals surface area contributed by atoms with Crippen molar-refractivity contribution in [2.24, 2.45) is 0 Å². The Hall–Kier alpha value is -0.920. The molecule has 20 heavy (non-hydrogen) atoms. The number of halogens is 1. The molecule has 0 atom stereocenters. The quantitative estimate of drug-likeness (QED) is 0.676. The molecule has 2 N–H and O–H groups in total. The zero-order valence-corrected chi connectivity index (χ0v) is 14.0. The summed E-state index contributed by atoms with van der Waals surface area (Å²) in [6.45, 7) is 6.41. The first-order valence-corrected chi connectivity index (χ1v) is 7.64. The molecular formula is C13H24BrN5O. The Labute approximate surface area is 129 Å². The zero-order valence-electron chi connectivity index (χ0n) is 12.4. The highest BCUT2D eigenvalue weighted by Gasteiger charge is 2.05. The lowest BCUT2D eigenvalue weighted by Crippen LogP contribution is -2.28. The van der Waals surface area contributed by atoms with E-state index in [-0.39, 0.29) is 0 Å². The molecule has 1 aromatic heterocycles. The molecule has 114 valence electrons. The minimum atomic E-state index is 0.658. The molecule has 0 saturated heterocycles. The number of ether oxygens (including phenoxy) is 1. The summed E-state index contributed by atoms with van der Waals surface area (Å²) in [6, 6.07) is 0. The Morgan fingerprint density at radius 3 is 2.80 bits per heavy atom. The normalized spacial score (nSPS) is 10.8. The Bertz CT molecular complexity index is 391. The first kappa shape index (κ1) is 17.1. The lowest BCUT2D eigenvalue weighted by atomic mass is 10.4. The van der Waals surface area contributed by atoms with Crippen LogP contribution in [0.1, 0.15) is 13.3 Å². The second-order valence-corrected chi connectivity index (χ2v) is 5.39. The monoisotopic (exact) mass is 345 g/mol. The van der Waals surface area contributed by atoms with Gasteiger partial charge >= 0.3 is 0 Å². The lowest BCUT2D eigenvalue weighted by Gasteiger charge is -2.17. The number of methoxy groups -OCH3 is 1. The van der Waals surface area contributed by atoms with E-state index in [0.717, 1.165) is 49.5 Å². The van der Waals surface area contributed by atoms with Gasteiger partial charge in [-0.3, -0.25) is 0 Å². The molecule has 0 aromatic carbocycles. The van der Waals surface area contributed by atoms with Crippen LogP contribution >= 0.6 is 15.9 Å². The molecule has 0 aliphatic carbocycles. The van der Waals surface area contributed by atoms with E-state index in [2.05, 4.69) is 55.4 Å². The molecule has 1 heterocycles. The van der Waals surface area contributed by atoms with Crippen LogP contribution in [0.3, 0.4) is 0 Å². The van der Waals surface area contributed by atoms with Crippen molar-refractivity contribution < 1.29 is 4.74 Å². The van der Waals surface area contributed by atoms with Gasteiger partial charge in [-0.15, -0.1) is 0 Å². The summed E-state index contributed by atoms with van der Waals surface area (Å²) in [5, 5.41) is 6.50. The molecule has 0 fully saturated rings. The van der Waals surface area contributed by atoms with Crippen molar-refractivity contribution in [3.63, 3.8) is 0 Å². The van der Waals surface area contributed by atoms with Crippen LogP contribution in [0.15, 0.2) is 10.7 Å². The van der Waals surface area contributed by atoms with Crippen LogP contribution in [0.2, 0.25) is 0 Å². The van der Waals surface area contributed by atoms with E-state index in [9.17, 15) is 0 Å². The minimum Gasteiger partial charge on any atom is -0.383 e. The van der Waals surface area contributed by atoms with E-state index < -0.39 is 0 Å². The van der Waals surface area contributed by atoms with Gasteiger partial charge in [-0.25, -0.2) is 4.98 Å². The van der Waals surface area contributed by atoms with Crippen LogP contribution in [-0.2, 0) is 4.74 Å². The van der Waals surface area contributed by atoms with E-state index in [1.165, 1.54) is 0 Å². The second kappa shape index (κ2) is 9.90. The first-order valence-electron chi connectivity index (χ1n) is 6.85. The maximum absolute atomic E-state index is 5.05. The molecule has 0 saturated carbocycles. The first-order chi connectivity index (χ1) is 9.67. The SMILES string of the molecule is CCCNc1ncc(Br)c(NCCN(C)CCOC)n1. The fraction of sp³-hybridized carbons (Fsp3) is 0.692. The maximum atomic E-state index is 5.05. The number of hydrogen-bond acceptors (Lipinski definition) is 6. The Morgan fingerprint density at radius 1 is 1.30 bits per heavy atom. The van der Waals surface area contributed by atoms with E-state index in [1.807, 2.05) is 0 Å². The number of rotatable bonds is 10. The summed E-state index contributed by atoms with van der Waals surface area (Å²) in [7, 11) is 3.79. The van der Waals surface area contributed by atoms with Gasteiger partial charge in [-0.2, -0.15) is 4.98 Å². The fourth-order valence-electron chi connectivity index (χ4n) is 1.54. The summed E-state index contributed by atoms with van der Waals surface area (Å²) < 4.78 is 5.93. The summed E-state index contributed by atoms with van der Waals surface area (Å²) >= 11 is 3.46. The predicted molar refractivity (Wildman–Crippen MR) is 86.4 cm³/mol. The third-order valence-corrected chi connectivity index (χ3v) is 3.32. The van der Waals surface area contributed by atoms with Gasteiger partial charge in [0.15, 0.2) is 0 Å². The van der Waals surface area contributed by atoms with Crippen molar-refractivity contribution in [1.82, 2.24) is 14.9 Å². The molecule has 0 aliphatic rings. The topological polar surface area (TPSA) is 62.3 Å². The number of nitrogens with one attached hydrogen (secondary N) is 2. The van der Waals surface area contributed by atoms with Crippen molar-refractivity contribution in [3.8, 4) is 0 Å². The van der Waals surface area contributed by atoms with Crippen molar-refractivity contribution >= 4 is 27.7 Å². The van der Waals surface area contributed by atoms with E-state index in [0.29, 0.717) is 5.95 Å². The standard InChI is InChI=1S/C13H24BrN5O/c1-4-5-16-13-17-10-11(14)12(18-13)15-6-7-19(2)8-9-20-3/h10H,4-9H2,1-3H3,(H2,15,16,17,18). The number of anilines is 2. The van der Waals surface area contributed by atoms with Crippen molar-refractivity contribution in [2.45, 2.75) is 13.3 Å². The van der Waals surface area contributed by atoms with Gasteiger partial charge < -0.3 is 20.3 Å². The molecule has 0 unspecified atom stereocenters. The van der Waals surface area contributed by atoms with E-state index >= 15 is 0 Å². The molecule has 1 rings (SSSR count). The van der Waals surface area contributed by atoms with Crippen LogP contribution in [0.25, 0.3) is 0 Å². The highest BCUT2D eigenvalue weighted by atomic mass is 79.9. The van der Waals surface area contributed by atoms with Crippen molar-refractivity contribution in [1.29, 1.82) is 0 Å². The Kier molecular flexibility index (Phi) is 8.48. The van der Waals surface area contributed by atoms with Gasteiger partial charge in [-0.1, -0.05) is 6.92 Å². The predicted octanol–water partition coefficient (Wildman–Crippen LogP) is 2.05. The highest BCUT2D eigenvalue weighted by molar-refractivity contribution is 9.10. The molecule has 0 amide bonds. The lowest BCUT2D eigenvalue weighted by molar-refractivity contribution is 0.163. The van der Waals surface area contributed by atoms with Crippen molar-refractivity contribution in [3.05, 3.63) is 10.7 Å². The molecule has 0 bridgehead atoms. The highest BCUT2D eigenvalue weighted by Crippen LogP contribution is 2.19. The average Bonchev–Trinajstić information content (AvgIpc) is 2.45. The third-order valence-electron chi connectivity index (χ3n) is 2.74. The fourth-order valence-corrected chi connectivity index (χ4v) is 1.87. The van der Waals surface area contributed by atoms with Crippen LogP contribution < -0.4 is 10.6 Å². The number of nitrogens with zero attached hydrogens (tertiary/aromatic N) is 3. The molecule has 0 spiro atoms. The Balaban J connectivity index is 2.42. The summed E-state index contributed by atoms with van der Waals surface area (Å²) in [5.41, 5.74) is 0.